The van der Waals surface area contributed by atoms with Crippen molar-refractivity contribution in [3.8, 4) is 0 Å². The van der Waals surface area contributed by atoms with Crippen LogP contribution in [0.15, 0.2) is 0 Å². The molecule has 1 aliphatic carbocycles. The summed E-state index contributed by atoms with van der Waals surface area (Å²) in [5.74, 6) is 0.687. The highest BCUT2D eigenvalue weighted by molar-refractivity contribution is 5.85. The van der Waals surface area contributed by atoms with Gasteiger partial charge >= 0.3 is 0 Å². The lowest BCUT2D eigenvalue weighted by molar-refractivity contribution is -0.135. The van der Waals surface area contributed by atoms with Gasteiger partial charge < -0.3 is 10.6 Å². The Kier molecular flexibility index (Phi) is 4.87. The smallest absolute Gasteiger partial charge is 0.225 e. The first-order chi connectivity index (χ1) is 6.77. The number of carbonyl (C=O) groups excluding carboxylic acids is 1. The third kappa shape index (κ3) is 3.08. The van der Waals surface area contributed by atoms with Crippen LogP contribution in [0.2, 0.25) is 0 Å². The van der Waals surface area contributed by atoms with Gasteiger partial charge in [0.25, 0.3) is 0 Å². The van der Waals surface area contributed by atoms with Crippen LogP contribution in [0.4, 0.5) is 0 Å². The minimum Gasteiger partial charge on any atom is -0.341 e. The van der Waals surface area contributed by atoms with E-state index in [0.717, 1.165) is 32.4 Å². The van der Waals surface area contributed by atoms with E-state index < -0.39 is 0 Å². The maximum absolute atomic E-state index is 12.0. The molecule has 0 aromatic rings. The summed E-state index contributed by atoms with van der Waals surface area (Å²) in [7, 11) is 0. The minimum atomic E-state index is 0. The summed E-state index contributed by atoms with van der Waals surface area (Å²) in [6, 6.07) is 0.225. The molecule has 1 heterocycles. The Bertz CT molecular complexity index is 210. The van der Waals surface area contributed by atoms with Crippen molar-refractivity contribution in [2.45, 2.75) is 44.6 Å². The minimum absolute atomic E-state index is 0. The second kappa shape index (κ2) is 5.71. The Hall–Kier alpha value is -0.280. The summed E-state index contributed by atoms with van der Waals surface area (Å²) in [4.78, 5) is 14.0. The molecule has 2 rings (SSSR count). The number of carbonyl (C=O) groups is 1. The number of nitrogens with zero attached hydrogens (tertiary/aromatic N) is 1. The quantitative estimate of drug-likeness (QED) is 0.746. The van der Waals surface area contributed by atoms with Gasteiger partial charge in [-0.05, 0) is 19.3 Å². The molecule has 88 valence electrons. The fraction of sp³-hybridized carbons (Fsp3) is 0.909. The van der Waals surface area contributed by atoms with Crippen LogP contribution in [0.25, 0.3) is 0 Å². The van der Waals surface area contributed by atoms with E-state index >= 15 is 0 Å². The van der Waals surface area contributed by atoms with Crippen LogP contribution < -0.4 is 5.73 Å². The summed E-state index contributed by atoms with van der Waals surface area (Å²) in [6.45, 7) is 1.67. The molecule has 2 N–H and O–H groups in total. The molecule has 0 aromatic carbocycles. The maximum Gasteiger partial charge on any atom is 0.225 e. The monoisotopic (exact) mass is 232 g/mol. The molecule has 0 radical (unpaired) electrons. The molecule has 1 amide bonds. The molecular weight excluding hydrogens is 212 g/mol. The predicted octanol–water partition coefficient (Wildman–Crippen LogP) is 1.55. The van der Waals surface area contributed by atoms with Crippen molar-refractivity contribution < 1.29 is 4.79 Å². The first-order valence-corrected chi connectivity index (χ1v) is 5.82. The van der Waals surface area contributed by atoms with Gasteiger partial charge in [0.1, 0.15) is 0 Å². The first kappa shape index (κ1) is 12.8. The van der Waals surface area contributed by atoms with Gasteiger partial charge in [0.05, 0.1) is 0 Å². The van der Waals surface area contributed by atoms with Gasteiger partial charge in [-0.2, -0.15) is 0 Å². The van der Waals surface area contributed by atoms with Crippen molar-refractivity contribution in [1.82, 2.24) is 4.90 Å². The molecule has 0 bridgehead atoms. The molecule has 2 fully saturated rings. The molecule has 1 atom stereocenters. The second-order valence-electron chi connectivity index (χ2n) is 4.67. The largest absolute Gasteiger partial charge is 0.341 e. The number of amides is 1. The molecule has 15 heavy (non-hydrogen) atoms. The molecule has 1 saturated carbocycles. The lowest BCUT2D eigenvalue weighted by Gasteiger charge is -2.26. The second-order valence-corrected chi connectivity index (χ2v) is 4.67. The van der Waals surface area contributed by atoms with Gasteiger partial charge in [-0.25, -0.2) is 0 Å². The average Bonchev–Trinajstić information content (AvgIpc) is 2.65. The summed E-state index contributed by atoms with van der Waals surface area (Å²) in [5, 5.41) is 0. The van der Waals surface area contributed by atoms with Crippen molar-refractivity contribution in [3.63, 3.8) is 0 Å². The van der Waals surface area contributed by atoms with E-state index in [2.05, 4.69) is 0 Å². The van der Waals surface area contributed by atoms with Gasteiger partial charge in [0.2, 0.25) is 5.91 Å². The van der Waals surface area contributed by atoms with Crippen LogP contribution in [0.3, 0.4) is 0 Å². The Labute approximate surface area is 97.8 Å². The molecule has 0 spiro atoms. The number of halogens is 1. The number of hydrogen-bond acceptors (Lipinski definition) is 2. The Balaban J connectivity index is 0.00000112. The van der Waals surface area contributed by atoms with Crippen LogP contribution in [0, 0.1) is 5.92 Å². The van der Waals surface area contributed by atoms with E-state index in [4.69, 9.17) is 5.73 Å². The zero-order valence-electron chi connectivity index (χ0n) is 9.15. The highest BCUT2D eigenvalue weighted by Gasteiger charge is 2.29. The molecule has 1 saturated heterocycles. The molecule has 0 unspecified atom stereocenters. The van der Waals surface area contributed by atoms with E-state index in [9.17, 15) is 4.79 Å². The first-order valence-electron chi connectivity index (χ1n) is 5.82. The lowest BCUT2D eigenvalue weighted by Crippen LogP contribution is -2.37. The topological polar surface area (TPSA) is 46.3 Å². The lowest BCUT2D eigenvalue weighted by atomic mass is 9.88. The fourth-order valence-electron chi connectivity index (χ4n) is 2.60. The average molecular weight is 233 g/mol. The molecular formula is C11H21ClN2O. The maximum atomic E-state index is 12.0. The van der Waals surface area contributed by atoms with Crippen molar-refractivity contribution in [1.29, 1.82) is 0 Å². The van der Waals surface area contributed by atoms with Crippen LogP contribution in [0.5, 0.6) is 0 Å². The summed E-state index contributed by atoms with van der Waals surface area (Å²) in [5.41, 5.74) is 5.80. The standard InChI is InChI=1S/C11H20N2O.ClH/c12-10-6-7-13(8-10)11(14)9-4-2-1-3-5-9;/h9-10H,1-8,12H2;1H/t10-;/m0./s1. The van der Waals surface area contributed by atoms with Crippen LogP contribution in [-0.4, -0.2) is 29.9 Å². The third-order valence-corrected chi connectivity index (χ3v) is 3.49. The Morgan fingerprint density at radius 3 is 2.33 bits per heavy atom. The van der Waals surface area contributed by atoms with E-state index in [-0.39, 0.29) is 18.4 Å². The summed E-state index contributed by atoms with van der Waals surface area (Å²) < 4.78 is 0. The Morgan fingerprint density at radius 1 is 1.13 bits per heavy atom. The normalized spacial score (nSPS) is 27.5. The molecule has 3 nitrogen and oxygen atoms in total. The number of rotatable bonds is 1. The zero-order valence-corrected chi connectivity index (χ0v) is 9.97. The summed E-state index contributed by atoms with van der Waals surface area (Å²) in [6.07, 6.45) is 6.96. The van der Waals surface area contributed by atoms with E-state index in [1.165, 1.54) is 19.3 Å². The molecule has 0 aromatic heterocycles. The zero-order chi connectivity index (χ0) is 9.97. The van der Waals surface area contributed by atoms with Crippen molar-refractivity contribution in [2.24, 2.45) is 11.7 Å². The van der Waals surface area contributed by atoms with Crippen molar-refractivity contribution in [3.05, 3.63) is 0 Å². The third-order valence-electron chi connectivity index (χ3n) is 3.49. The fourth-order valence-corrected chi connectivity index (χ4v) is 2.60. The van der Waals surface area contributed by atoms with E-state index in [0.29, 0.717) is 11.8 Å². The highest BCUT2D eigenvalue weighted by Crippen LogP contribution is 2.26. The van der Waals surface area contributed by atoms with Crippen molar-refractivity contribution in [2.75, 3.05) is 13.1 Å². The Morgan fingerprint density at radius 2 is 1.80 bits per heavy atom. The van der Waals surface area contributed by atoms with Crippen LogP contribution in [0.1, 0.15) is 38.5 Å². The van der Waals surface area contributed by atoms with Crippen molar-refractivity contribution >= 4 is 18.3 Å². The van der Waals surface area contributed by atoms with Gasteiger partial charge in [0.15, 0.2) is 0 Å². The van der Waals surface area contributed by atoms with Gasteiger partial charge in [-0.3, -0.25) is 4.79 Å². The number of nitrogens with two attached hydrogens (primary N) is 1. The predicted molar refractivity (Wildman–Crippen MR) is 63.0 cm³/mol. The number of hydrogen-bond donors (Lipinski definition) is 1. The number of likely N-dealkylation sites (tertiary alicyclic amines) is 1. The van der Waals surface area contributed by atoms with Gasteiger partial charge in [-0.15, -0.1) is 12.4 Å². The van der Waals surface area contributed by atoms with E-state index in [1.807, 2.05) is 4.90 Å². The highest BCUT2D eigenvalue weighted by atomic mass is 35.5. The SMILES string of the molecule is Cl.N[C@H]1CCN(C(=O)C2CCCCC2)C1. The van der Waals surface area contributed by atoms with Gasteiger partial charge in [0, 0.05) is 25.0 Å². The molecule has 2 aliphatic rings. The van der Waals surface area contributed by atoms with E-state index in [1.54, 1.807) is 0 Å². The van der Waals surface area contributed by atoms with Gasteiger partial charge in [-0.1, -0.05) is 19.3 Å². The molecule has 4 heteroatoms. The molecule has 1 aliphatic heterocycles. The van der Waals surface area contributed by atoms with Crippen LogP contribution in [-0.2, 0) is 4.79 Å². The summed E-state index contributed by atoms with van der Waals surface area (Å²) >= 11 is 0. The van der Waals surface area contributed by atoms with Crippen LogP contribution >= 0.6 is 12.4 Å².